The zero-order valence-electron chi connectivity index (χ0n) is 16.1. The summed E-state index contributed by atoms with van der Waals surface area (Å²) in [6, 6.07) is 20.6. The standard InChI is InChI=1S/C24H21N3O2/c1-17-22(19-10-7-14-25-16-19)24(29)27(15-13-18-8-3-2-4-9-18)23(26-17)20-11-5-6-12-21(20)28/h2-12,14,16,28H,13,15H2,1H3. The van der Waals surface area contributed by atoms with Gasteiger partial charge in [-0.3, -0.25) is 14.3 Å². The van der Waals surface area contributed by atoms with Gasteiger partial charge in [-0.25, -0.2) is 4.98 Å². The van der Waals surface area contributed by atoms with Crippen LogP contribution >= 0.6 is 0 Å². The molecule has 1 N–H and O–H groups in total. The SMILES string of the molecule is Cc1nc(-c2ccccc2O)n(CCc2ccccc2)c(=O)c1-c1cccnc1. The average Bonchev–Trinajstić information content (AvgIpc) is 2.75. The number of aryl methyl sites for hydroxylation is 2. The fourth-order valence-electron chi connectivity index (χ4n) is 3.47. The maximum atomic E-state index is 13.5. The van der Waals surface area contributed by atoms with Crippen LogP contribution in [0.1, 0.15) is 11.3 Å². The van der Waals surface area contributed by atoms with Gasteiger partial charge in [0.1, 0.15) is 11.6 Å². The van der Waals surface area contributed by atoms with Gasteiger partial charge >= 0.3 is 0 Å². The minimum absolute atomic E-state index is 0.0985. The van der Waals surface area contributed by atoms with Gasteiger partial charge in [0.2, 0.25) is 0 Å². The summed E-state index contributed by atoms with van der Waals surface area (Å²) in [5, 5.41) is 10.4. The quantitative estimate of drug-likeness (QED) is 0.560. The number of rotatable bonds is 5. The van der Waals surface area contributed by atoms with Gasteiger partial charge in [-0.05, 0) is 37.1 Å². The number of pyridine rings is 1. The van der Waals surface area contributed by atoms with E-state index in [0.29, 0.717) is 35.6 Å². The lowest BCUT2D eigenvalue weighted by molar-refractivity contribution is 0.476. The fourth-order valence-corrected chi connectivity index (χ4v) is 3.47. The van der Waals surface area contributed by atoms with Crippen molar-refractivity contribution in [2.75, 3.05) is 0 Å². The van der Waals surface area contributed by atoms with Crippen LogP contribution in [0.5, 0.6) is 5.75 Å². The second kappa shape index (κ2) is 8.10. The maximum Gasteiger partial charge on any atom is 0.261 e. The van der Waals surface area contributed by atoms with Crippen LogP contribution in [0.15, 0.2) is 83.9 Å². The number of nitrogens with zero attached hydrogens (tertiary/aromatic N) is 3. The van der Waals surface area contributed by atoms with E-state index in [9.17, 15) is 9.90 Å². The van der Waals surface area contributed by atoms with Crippen molar-refractivity contribution in [2.45, 2.75) is 19.9 Å². The lowest BCUT2D eigenvalue weighted by atomic mass is 10.1. The molecule has 4 aromatic rings. The van der Waals surface area contributed by atoms with E-state index >= 15 is 0 Å². The Morgan fingerprint density at radius 2 is 1.72 bits per heavy atom. The number of phenols is 1. The number of benzene rings is 2. The molecule has 5 nitrogen and oxygen atoms in total. The van der Waals surface area contributed by atoms with Crippen LogP contribution in [0.25, 0.3) is 22.5 Å². The summed E-state index contributed by atoms with van der Waals surface area (Å²) >= 11 is 0. The van der Waals surface area contributed by atoms with Gasteiger partial charge in [0.05, 0.1) is 16.8 Å². The highest BCUT2D eigenvalue weighted by molar-refractivity contribution is 5.69. The number of hydrogen-bond acceptors (Lipinski definition) is 4. The third kappa shape index (κ3) is 3.80. The molecule has 144 valence electrons. The molecule has 0 unspecified atom stereocenters. The van der Waals surface area contributed by atoms with Gasteiger partial charge in [-0.15, -0.1) is 0 Å². The summed E-state index contributed by atoms with van der Waals surface area (Å²) in [4.78, 5) is 22.4. The van der Waals surface area contributed by atoms with Crippen LogP contribution in [0.4, 0.5) is 0 Å². The highest BCUT2D eigenvalue weighted by atomic mass is 16.3. The Labute approximate surface area is 169 Å². The molecule has 4 rings (SSSR count). The first kappa shape index (κ1) is 18.6. The molecule has 0 bridgehead atoms. The molecule has 0 aliphatic rings. The summed E-state index contributed by atoms with van der Waals surface area (Å²) in [7, 11) is 0. The summed E-state index contributed by atoms with van der Waals surface area (Å²) in [5.74, 6) is 0.565. The van der Waals surface area contributed by atoms with E-state index in [1.54, 1.807) is 41.2 Å². The molecule has 2 aromatic heterocycles. The summed E-state index contributed by atoms with van der Waals surface area (Å²) < 4.78 is 1.65. The van der Waals surface area contributed by atoms with Crippen LogP contribution in [0.3, 0.4) is 0 Å². The third-order valence-electron chi connectivity index (χ3n) is 4.91. The molecule has 2 aromatic carbocycles. The number of para-hydroxylation sites is 1. The molecule has 0 aliphatic carbocycles. The highest BCUT2D eigenvalue weighted by Crippen LogP contribution is 2.28. The van der Waals surface area contributed by atoms with Gasteiger partial charge in [0.15, 0.2) is 0 Å². The predicted octanol–water partition coefficient (Wildman–Crippen LogP) is 4.23. The van der Waals surface area contributed by atoms with Crippen molar-refractivity contribution >= 4 is 0 Å². The Kier molecular flexibility index (Phi) is 5.20. The molecule has 0 spiro atoms. The molecular formula is C24H21N3O2. The Balaban J connectivity index is 1.89. The molecule has 0 amide bonds. The van der Waals surface area contributed by atoms with E-state index in [1.807, 2.05) is 49.4 Å². The van der Waals surface area contributed by atoms with Crippen LogP contribution in [-0.4, -0.2) is 19.6 Å². The first-order valence-corrected chi connectivity index (χ1v) is 9.49. The van der Waals surface area contributed by atoms with E-state index in [4.69, 9.17) is 4.98 Å². The molecular weight excluding hydrogens is 362 g/mol. The van der Waals surface area contributed by atoms with Gasteiger partial charge in [0, 0.05) is 24.5 Å². The molecule has 0 atom stereocenters. The van der Waals surface area contributed by atoms with Gasteiger partial charge in [0.25, 0.3) is 5.56 Å². The van der Waals surface area contributed by atoms with Gasteiger partial charge in [-0.1, -0.05) is 48.5 Å². The van der Waals surface area contributed by atoms with E-state index in [0.717, 1.165) is 11.1 Å². The van der Waals surface area contributed by atoms with Crippen molar-refractivity contribution in [3.05, 3.63) is 101 Å². The number of aromatic hydroxyl groups is 1. The first-order valence-electron chi connectivity index (χ1n) is 9.49. The zero-order chi connectivity index (χ0) is 20.2. The predicted molar refractivity (Wildman–Crippen MR) is 114 cm³/mol. The smallest absolute Gasteiger partial charge is 0.261 e. The number of hydrogen-bond donors (Lipinski definition) is 1. The number of phenolic OH excluding ortho intramolecular Hbond substituents is 1. The Morgan fingerprint density at radius 1 is 0.966 bits per heavy atom. The lowest BCUT2D eigenvalue weighted by Gasteiger charge is -2.17. The molecule has 0 radical (unpaired) electrons. The Hall–Kier alpha value is -3.73. The average molecular weight is 383 g/mol. The van der Waals surface area contributed by atoms with E-state index in [2.05, 4.69) is 4.98 Å². The van der Waals surface area contributed by atoms with Crippen molar-refractivity contribution < 1.29 is 5.11 Å². The van der Waals surface area contributed by atoms with E-state index in [-0.39, 0.29) is 11.3 Å². The number of aromatic nitrogens is 3. The Morgan fingerprint density at radius 3 is 2.45 bits per heavy atom. The third-order valence-corrected chi connectivity index (χ3v) is 4.91. The van der Waals surface area contributed by atoms with Crippen LogP contribution in [-0.2, 0) is 13.0 Å². The van der Waals surface area contributed by atoms with Gasteiger partial charge in [-0.2, -0.15) is 0 Å². The molecule has 0 fully saturated rings. The second-order valence-electron chi connectivity index (χ2n) is 6.85. The van der Waals surface area contributed by atoms with Crippen LogP contribution < -0.4 is 5.56 Å². The molecule has 5 heteroatoms. The summed E-state index contributed by atoms with van der Waals surface area (Å²) in [6.45, 7) is 2.27. The Bertz CT molecular complexity index is 1190. The van der Waals surface area contributed by atoms with Gasteiger partial charge < -0.3 is 5.11 Å². The normalized spacial score (nSPS) is 10.8. The highest BCUT2D eigenvalue weighted by Gasteiger charge is 2.18. The van der Waals surface area contributed by atoms with Crippen LogP contribution in [0, 0.1) is 6.92 Å². The monoisotopic (exact) mass is 383 g/mol. The van der Waals surface area contributed by atoms with Crippen molar-refractivity contribution in [1.82, 2.24) is 14.5 Å². The van der Waals surface area contributed by atoms with Crippen LogP contribution in [0.2, 0.25) is 0 Å². The second-order valence-corrected chi connectivity index (χ2v) is 6.85. The minimum Gasteiger partial charge on any atom is -0.507 e. The van der Waals surface area contributed by atoms with Crippen molar-refractivity contribution in [3.63, 3.8) is 0 Å². The minimum atomic E-state index is -0.139. The molecule has 0 aliphatic heterocycles. The topological polar surface area (TPSA) is 68.0 Å². The molecule has 29 heavy (non-hydrogen) atoms. The first-order chi connectivity index (χ1) is 14.1. The molecule has 2 heterocycles. The van der Waals surface area contributed by atoms with E-state index in [1.165, 1.54) is 0 Å². The zero-order valence-corrected chi connectivity index (χ0v) is 16.1. The fraction of sp³-hybridized carbons (Fsp3) is 0.125. The lowest BCUT2D eigenvalue weighted by Crippen LogP contribution is -2.27. The maximum absolute atomic E-state index is 13.5. The molecule has 0 saturated heterocycles. The van der Waals surface area contributed by atoms with Crippen molar-refractivity contribution in [2.24, 2.45) is 0 Å². The summed E-state index contributed by atoms with van der Waals surface area (Å²) in [5.41, 5.74) is 3.41. The van der Waals surface area contributed by atoms with Crippen molar-refractivity contribution in [1.29, 1.82) is 0 Å². The summed E-state index contributed by atoms with van der Waals surface area (Å²) in [6.07, 6.45) is 4.03. The van der Waals surface area contributed by atoms with Crippen molar-refractivity contribution in [3.8, 4) is 28.3 Å². The largest absolute Gasteiger partial charge is 0.507 e. The van der Waals surface area contributed by atoms with E-state index < -0.39 is 0 Å². The molecule has 0 saturated carbocycles.